The van der Waals surface area contributed by atoms with Crippen LogP contribution in [0.4, 0.5) is 0 Å². The van der Waals surface area contributed by atoms with Gasteiger partial charge in [0.15, 0.2) is 0 Å². The van der Waals surface area contributed by atoms with E-state index in [0.29, 0.717) is 11.5 Å². The first-order valence-corrected chi connectivity index (χ1v) is 8.72. The van der Waals surface area contributed by atoms with E-state index in [9.17, 15) is 0 Å². The van der Waals surface area contributed by atoms with E-state index < -0.39 is 0 Å². The van der Waals surface area contributed by atoms with E-state index in [4.69, 9.17) is 0 Å². The van der Waals surface area contributed by atoms with Gasteiger partial charge >= 0.3 is 0 Å². The SMILES string of the molecule is CCCNC(Cc1ncc[nH]1)C1CCC(C(C)(C)C)CC1. The molecule has 0 spiro atoms. The van der Waals surface area contributed by atoms with Crippen molar-refractivity contribution in [2.24, 2.45) is 17.3 Å². The fourth-order valence-corrected chi connectivity index (χ4v) is 3.74. The number of aromatic nitrogens is 2. The summed E-state index contributed by atoms with van der Waals surface area (Å²) in [6.07, 6.45) is 11.5. The van der Waals surface area contributed by atoms with Crippen LogP contribution in [0, 0.1) is 17.3 Å². The Kier molecular flexibility index (Phi) is 5.86. The smallest absolute Gasteiger partial charge is 0.107 e. The maximum absolute atomic E-state index is 4.42. The molecule has 0 amide bonds. The van der Waals surface area contributed by atoms with Crippen LogP contribution >= 0.6 is 0 Å². The molecule has 0 saturated heterocycles. The molecule has 1 aromatic rings. The lowest BCUT2D eigenvalue weighted by atomic mass is 9.68. The van der Waals surface area contributed by atoms with Crippen molar-refractivity contribution in [3.63, 3.8) is 0 Å². The number of hydrogen-bond donors (Lipinski definition) is 2. The van der Waals surface area contributed by atoms with Gasteiger partial charge in [-0.05, 0) is 55.9 Å². The van der Waals surface area contributed by atoms with Gasteiger partial charge in [-0.2, -0.15) is 0 Å². The molecule has 1 aliphatic rings. The molecule has 0 aromatic carbocycles. The van der Waals surface area contributed by atoms with Gasteiger partial charge in [0.1, 0.15) is 5.82 Å². The molecule has 2 rings (SSSR count). The fourth-order valence-electron chi connectivity index (χ4n) is 3.74. The second kappa shape index (κ2) is 7.44. The Hall–Kier alpha value is -0.830. The standard InChI is InChI=1S/C18H33N3/c1-5-10-19-16(13-17-20-11-12-21-17)14-6-8-15(9-7-14)18(2,3)4/h11-12,14-16,19H,5-10,13H2,1-4H3,(H,20,21). The molecule has 0 radical (unpaired) electrons. The van der Waals surface area contributed by atoms with E-state index in [2.05, 4.69) is 43.0 Å². The molecule has 1 fully saturated rings. The average molecular weight is 291 g/mol. The Morgan fingerprint density at radius 3 is 2.52 bits per heavy atom. The summed E-state index contributed by atoms with van der Waals surface area (Å²) < 4.78 is 0. The number of imidazole rings is 1. The van der Waals surface area contributed by atoms with Crippen LogP contribution in [0.2, 0.25) is 0 Å². The highest BCUT2D eigenvalue weighted by molar-refractivity contribution is 4.95. The third-order valence-corrected chi connectivity index (χ3v) is 5.19. The van der Waals surface area contributed by atoms with Crippen LogP contribution in [-0.2, 0) is 6.42 Å². The first-order valence-electron chi connectivity index (χ1n) is 8.72. The Labute approximate surface area is 130 Å². The fraction of sp³-hybridized carbons (Fsp3) is 0.833. The third-order valence-electron chi connectivity index (χ3n) is 5.19. The van der Waals surface area contributed by atoms with Gasteiger partial charge in [0.2, 0.25) is 0 Å². The van der Waals surface area contributed by atoms with Gasteiger partial charge in [0.25, 0.3) is 0 Å². The molecule has 3 heteroatoms. The molecule has 1 heterocycles. The summed E-state index contributed by atoms with van der Waals surface area (Å²) in [6, 6.07) is 0.581. The third kappa shape index (κ3) is 4.84. The predicted octanol–water partition coefficient (Wildman–Crippen LogP) is 4.17. The van der Waals surface area contributed by atoms with E-state index in [1.165, 1.54) is 32.1 Å². The van der Waals surface area contributed by atoms with Gasteiger partial charge in [-0.25, -0.2) is 4.98 Å². The first kappa shape index (κ1) is 16.5. The maximum atomic E-state index is 4.42. The van der Waals surface area contributed by atoms with Gasteiger partial charge in [-0.15, -0.1) is 0 Å². The van der Waals surface area contributed by atoms with Crippen molar-refractivity contribution in [2.75, 3.05) is 6.54 Å². The molecule has 1 aliphatic carbocycles. The number of rotatable bonds is 6. The lowest BCUT2D eigenvalue weighted by molar-refractivity contribution is 0.132. The van der Waals surface area contributed by atoms with Crippen LogP contribution in [0.5, 0.6) is 0 Å². The molecular formula is C18H33N3. The van der Waals surface area contributed by atoms with Crippen LogP contribution in [0.25, 0.3) is 0 Å². The molecule has 1 saturated carbocycles. The molecule has 2 N–H and O–H groups in total. The molecule has 0 aliphatic heterocycles. The van der Waals surface area contributed by atoms with Crippen LogP contribution < -0.4 is 5.32 Å². The van der Waals surface area contributed by atoms with Crippen molar-refractivity contribution >= 4 is 0 Å². The average Bonchev–Trinajstić information content (AvgIpc) is 2.95. The number of nitrogens with one attached hydrogen (secondary N) is 2. The minimum absolute atomic E-state index is 0.471. The zero-order valence-corrected chi connectivity index (χ0v) is 14.3. The minimum Gasteiger partial charge on any atom is -0.349 e. The number of aromatic amines is 1. The van der Waals surface area contributed by atoms with Crippen LogP contribution in [0.1, 0.15) is 65.6 Å². The van der Waals surface area contributed by atoms with Crippen molar-refractivity contribution in [1.29, 1.82) is 0 Å². The summed E-state index contributed by atoms with van der Waals surface area (Å²) in [7, 11) is 0. The summed E-state index contributed by atoms with van der Waals surface area (Å²) in [6.45, 7) is 10.5. The van der Waals surface area contributed by atoms with Crippen molar-refractivity contribution in [2.45, 2.75) is 72.3 Å². The largest absolute Gasteiger partial charge is 0.349 e. The van der Waals surface area contributed by atoms with Crippen molar-refractivity contribution in [3.05, 3.63) is 18.2 Å². The van der Waals surface area contributed by atoms with Gasteiger partial charge in [0, 0.05) is 24.9 Å². The lowest BCUT2D eigenvalue weighted by Gasteiger charge is -2.39. The summed E-state index contributed by atoms with van der Waals surface area (Å²) in [5.41, 5.74) is 0.471. The van der Waals surface area contributed by atoms with Crippen LogP contribution in [-0.4, -0.2) is 22.6 Å². The van der Waals surface area contributed by atoms with Crippen molar-refractivity contribution < 1.29 is 0 Å². The highest BCUT2D eigenvalue weighted by Crippen LogP contribution is 2.40. The van der Waals surface area contributed by atoms with E-state index in [1.54, 1.807) is 0 Å². The monoisotopic (exact) mass is 291 g/mol. The van der Waals surface area contributed by atoms with Crippen LogP contribution in [0.15, 0.2) is 12.4 Å². The zero-order chi connectivity index (χ0) is 15.3. The molecule has 3 nitrogen and oxygen atoms in total. The summed E-state index contributed by atoms with van der Waals surface area (Å²) in [4.78, 5) is 7.68. The number of nitrogens with zero attached hydrogens (tertiary/aromatic N) is 1. The first-order chi connectivity index (χ1) is 10.0. The van der Waals surface area contributed by atoms with Crippen molar-refractivity contribution in [3.8, 4) is 0 Å². The second-order valence-electron chi connectivity index (χ2n) is 7.78. The number of hydrogen-bond acceptors (Lipinski definition) is 2. The summed E-state index contributed by atoms with van der Waals surface area (Å²) >= 11 is 0. The minimum atomic E-state index is 0.471. The topological polar surface area (TPSA) is 40.7 Å². The highest BCUT2D eigenvalue weighted by Gasteiger charge is 2.32. The molecule has 120 valence electrons. The summed E-state index contributed by atoms with van der Waals surface area (Å²) in [5, 5.41) is 3.77. The number of H-pyrrole nitrogens is 1. The Morgan fingerprint density at radius 1 is 1.29 bits per heavy atom. The van der Waals surface area contributed by atoms with E-state index >= 15 is 0 Å². The molecule has 1 unspecified atom stereocenters. The Bertz CT molecular complexity index is 383. The molecule has 21 heavy (non-hydrogen) atoms. The normalized spacial score (nSPS) is 25.0. The van der Waals surface area contributed by atoms with E-state index in [0.717, 1.165) is 30.6 Å². The second-order valence-corrected chi connectivity index (χ2v) is 7.78. The maximum Gasteiger partial charge on any atom is 0.107 e. The molecule has 0 bridgehead atoms. The summed E-state index contributed by atoms with van der Waals surface area (Å²) in [5.74, 6) is 2.82. The highest BCUT2D eigenvalue weighted by atomic mass is 14.9. The molecule has 1 atom stereocenters. The van der Waals surface area contributed by atoms with Gasteiger partial charge in [0.05, 0.1) is 0 Å². The lowest BCUT2D eigenvalue weighted by Crippen LogP contribution is -2.41. The van der Waals surface area contributed by atoms with E-state index in [-0.39, 0.29) is 0 Å². The predicted molar refractivity (Wildman–Crippen MR) is 89.3 cm³/mol. The molecule has 1 aromatic heterocycles. The Morgan fingerprint density at radius 2 is 2.00 bits per heavy atom. The van der Waals surface area contributed by atoms with Crippen LogP contribution in [0.3, 0.4) is 0 Å². The van der Waals surface area contributed by atoms with Gasteiger partial charge in [-0.1, -0.05) is 27.7 Å². The van der Waals surface area contributed by atoms with Gasteiger partial charge < -0.3 is 10.3 Å². The van der Waals surface area contributed by atoms with Crippen molar-refractivity contribution in [1.82, 2.24) is 15.3 Å². The van der Waals surface area contributed by atoms with Gasteiger partial charge in [-0.3, -0.25) is 0 Å². The van der Waals surface area contributed by atoms with E-state index in [1.807, 2.05) is 12.4 Å². The Balaban J connectivity index is 1.92. The molecular weight excluding hydrogens is 258 g/mol. The zero-order valence-electron chi connectivity index (χ0n) is 14.3. The quantitative estimate of drug-likeness (QED) is 0.825.